The molecule has 3 N–H and O–H groups in total. The molecule has 7 rings (SSSR count). The number of ether oxygens (including phenoxy) is 2. The number of nitrogens with two attached hydrogens (primary N) is 1. The summed E-state index contributed by atoms with van der Waals surface area (Å²) in [5.74, 6) is 0.112. The molecule has 0 unspecified atom stereocenters. The maximum absolute atomic E-state index is 11.9. The number of aromatic carboxylic acids is 1. The molecule has 0 bridgehead atoms. The minimum absolute atomic E-state index is 0.259. The van der Waals surface area contributed by atoms with Crippen LogP contribution in [0.25, 0.3) is 0 Å². The molecule has 264 valence electrons. The number of anilines is 3. The van der Waals surface area contributed by atoms with Crippen LogP contribution in [0.2, 0.25) is 0 Å². The zero-order valence-corrected chi connectivity index (χ0v) is 28.6. The second kappa shape index (κ2) is 14.9. The summed E-state index contributed by atoms with van der Waals surface area (Å²) in [6.07, 6.45) is 5.01. The first-order valence-electron chi connectivity index (χ1n) is 16.4. The number of carboxylic acids is 1. The minimum Gasteiger partial charge on any atom is -0.478 e. The Morgan fingerprint density at radius 1 is 0.509 bits per heavy atom. The van der Waals surface area contributed by atoms with Gasteiger partial charge in [0.05, 0.1) is 16.9 Å². The fraction of sp³-hybridized carbons (Fsp3) is 0.0714. The van der Waals surface area contributed by atoms with E-state index in [0.29, 0.717) is 40.1 Å². The van der Waals surface area contributed by atoms with Gasteiger partial charge in [-0.25, -0.2) is 14.6 Å². The number of hydrogen-bond acceptors (Lipinski definition) is 8. The summed E-state index contributed by atoms with van der Waals surface area (Å²) in [6, 6.07) is 35.3. The van der Waals surface area contributed by atoms with E-state index >= 15 is 0 Å². The number of carbonyl (C=O) groups is 5. The summed E-state index contributed by atoms with van der Waals surface area (Å²) in [6.45, 7) is 4.28. The van der Waals surface area contributed by atoms with Crippen LogP contribution < -0.4 is 25.0 Å². The van der Waals surface area contributed by atoms with Crippen LogP contribution in [0.5, 0.6) is 23.0 Å². The van der Waals surface area contributed by atoms with Crippen molar-refractivity contribution in [2.75, 3.05) is 15.5 Å². The molecule has 0 radical (unpaired) electrons. The third-order valence-electron chi connectivity index (χ3n) is 8.59. The first-order chi connectivity index (χ1) is 25.4. The maximum atomic E-state index is 11.9. The summed E-state index contributed by atoms with van der Waals surface area (Å²) in [7, 11) is 0. The lowest BCUT2D eigenvalue weighted by Gasteiger charge is -2.26. The molecule has 5 aromatic rings. The van der Waals surface area contributed by atoms with Crippen molar-refractivity contribution in [2.45, 2.75) is 19.3 Å². The average Bonchev–Trinajstić information content (AvgIpc) is 3.68. The van der Waals surface area contributed by atoms with Crippen LogP contribution in [0.4, 0.5) is 17.1 Å². The SMILES string of the molecule is CC(C)(c1ccc(Oc2ccc(N3C(=O)C=CC3=O)cc2)cc1)c1ccc(Oc2ccc(N3C(=O)C=CC3=O)cc2)cc1.Nc1ccc(C(=O)O)cc1. The van der Waals surface area contributed by atoms with Crippen molar-refractivity contribution < 1.29 is 38.6 Å². The lowest BCUT2D eigenvalue weighted by molar-refractivity contribution is -0.121. The lowest BCUT2D eigenvalue weighted by atomic mass is 9.78. The van der Waals surface area contributed by atoms with E-state index < -0.39 is 5.97 Å². The molecule has 53 heavy (non-hydrogen) atoms. The number of carbonyl (C=O) groups excluding carboxylic acids is 4. The van der Waals surface area contributed by atoms with Crippen molar-refractivity contribution >= 4 is 46.7 Å². The van der Waals surface area contributed by atoms with Crippen LogP contribution in [0, 0.1) is 0 Å². The van der Waals surface area contributed by atoms with Crippen LogP contribution >= 0.6 is 0 Å². The van der Waals surface area contributed by atoms with Crippen LogP contribution in [-0.4, -0.2) is 34.7 Å². The molecule has 5 aromatic carbocycles. The Hall–Kier alpha value is -7.27. The number of nitrogen functional groups attached to an aromatic ring is 1. The Morgan fingerprint density at radius 2 is 0.811 bits per heavy atom. The highest BCUT2D eigenvalue weighted by molar-refractivity contribution is 6.28. The zero-order chi connectivity index (χ0) is 37.7. The summed E-state index contributed by atoms with van der Waals surface area (Å²) in [5, 5.41) is 8.43. The topological polar surface area (TPSA) is 157 Å². The molecule has 0 aliphatic carbocycles. The van der Waals surface area contributed by atoms with Gasteiger partial charge in [0.1, 0.15) is 23.0 Å². The van der Waals surface area contributed by atoms with Gasteiger partial charge >= 0.3 is 5.97 Å². The summed E-state index contributed by atoms with van der Waals surface area (Å²) in [5.41, 5.74) is 9.04. The van der Waals surface area contributed by atoms with Gasteiger partial charge in [-0.15, -0.1) is 0 Å². The van der Waals surface area contributed by atoms with E-state index in [4.69, 9.17) is 20.3 Å². The van der Waals surface area contributed by atoms with E-state index in [1.165, 1.54) is 36.4 Å². The molecule has 0 saturated heterocycles. The second-order valence-electron chi connectivity index (χ2n) is 12.5. The Kier molecular flexibility index (Phi) is 10.0. The molecule has 0 atom stereocenters. The Bertz CT molecular complexity index is 2070. The predicted molar refractivity (Wildman–Crippen MR) is 199 cm³/mol. The number of rotatable bonds is 9. The van der Waals surface area contributed by atoms with Crippen LogP contribution in [0.15, 0.2) is 146 Å². The summed E-state index contributed by atoms with van der Waals surface area (Å²) >= 11 is 0. The quantitative estimate of drug-likeness (QED) is 0.118. The van der Waals surface area contributed by atoms with Crippen molar-refractivity contribution in [2.24, 2.45) is 0 Å². The molecule has 0 spiro atoms. The average molecular weight is 708 g/mol. The molecule has 11 nitrogen and oxygen atoms in total. The largest absolute Gasteiger partial charge is 0.478 e. The number of carboxylic acid groups (broad SMARTS) is 1. The smallest absolute Gasteiger partial charge is 0.335 e. The fourth-order valence-corrected chi connectivity index (χ4v) is 5.58. The van der Waals surface area contributed by atoms with E-state index in [-0.39, 0.29) is 34.6 Å². The monoisotopic (exact) mass is 707 g/mol. The normalized spacial score (nSPS) is 13.6. The molecular formula is C42H33N3O8. The van der Waals surface area contributed by atoms with Gasteiger partial charge in [-0.2, -0.15) is 0 Å². The van der Waals surface area contributed by atoms with Crippen LogP contribution in [0.1, 0.15) is 35.3 Å². The van der Waals surface area contributed by atoms with E-state index in [0.717, 1.165) is 20.9 Å². The first-order valence-corrected chi connectivity index (χ1v) is 16.4. The first kappa shape index (κ1) is 35.6. The van der Waals surface area contributed by atoms with Crippen molar-refractivity contribution in [3.05, 3.63) is 162 Å². The Morgan fingerprint density at radius 3 is 1.11 bits per heavy atom. The highest BCUT2D eigenvalue weighted by Gasteiger charge is 2.26. The minimum atomic E-state index is -0.931. The standard InChI is InChI=1S/C35H26N2O6.C7H7NO2/c1-35(2,23-3-11-27(12-4-23)42-29-15-7-25(8-16-29)36-31(38)19-20-32(36)39)24-5-13-28(14-6-24)43-30-17-9-26(10-18-30)37-33(40)21-22-34(37)41;8-6-3-1-5(2-4-6)7(9)10/h3-22H,1-2H3;1-4H,8H2,(H,9,10). The lowest BCUT2D eigenvalue weighted by Crippen LogP contribution is -2.29. The number of benzene rings is 5. The number of imide groups is 2. The molecule has 0 fully saturated rings. The number of amides is 4. The van der Waals surface area contributed by atoms with Gasteiger partial charge in [0.25, 0.3) is 23.6 Å². The summed E-state index contributed by atoms with van der Waals surface area (Å²) in [4.78, 5) is 60.1. The molecule has 11 heteroatoms. The van der Waals surface area contributed by atoms with Gasteiger partial charge < -0.3 is 20.3 Å². The number of nitrogens with zero attached hydrogens (tertiary/aromatic N) is 2. The predicted octanol–water partition coefficient (Wildman–Crippen LogP) is 7.42. The van der Waals surface area contributed by atoms with Gasteiger partial charge in [-0.3, -0.25) is 19.2 Å². The van der Waals surface area contributed by atoms with E-state index in [1.54, 1.807) is 60.7 Å². The third-order valence-corrected chi connectivity index (χ3v) is 8.59. The maximum Gasteiger partial charge on any atom is 0.335 e. The Labute approximate surface area is 304 Å². The Balaban J connectivity index is 0.000000417. The van der Waals surface area contributed by atoms with Gasteiger partial charge in [-0.05, 0) is 108 Å². The molecule has 4 amide bonds. The molecule has 2 aliphatic rings. The second-order valence-corrected chi connectivity index (χ2v) is 12.5. The zero-order valence-electron chi connectivity index (χ0n) is 28.6. The van der Waals surface area contributed by atoms with E-state index in [2.05, 4.69) is 13.8 Å². The van der Waals surface area contributed by atoms with E-state index in [9.17, 15) is 24.0 Å². The molecular weight excluding hydrogens is 674 g/mol. The van der Waals surface area contributed by atoms with Gasteiger partial charge in [0, 0.05) is 35.4 Å². The van der Waals surface area contributed by atoms with E-state index in [1.807, 2.05) is 48.5 Å². The molecule has 0 saturated carbocycles. The molecule has 2 heterocycles. The molecule has 2 aliphatic heterocycles. The van der Waals surface area contributed by atoms with Gasteiger partial charge in [0.15, 0.2) is 0 Å². The van der Waals surface area contributed by atoms with Crippen LogP contribution in [0.3, 0.4) is 0 Å². The number of hydrogen-bond donors (Lipinski definition) is 2. The van der Waals surface area contributed by atoms with Gasteiger partial charge in [-0.1, -0.05) is 38.1 Å². The third kappa shape index (κ3) is 8.05. The van der Waals surface area contributed by atoms with Crippen LogP contribution in [-0.2, 0) is 24.6 Å². The van der Waals surface area contributed by atoms with Crippen molar-refractivity contribution in [3.63, 3.8) is 0 Å². The highest BCUT2D eigenvalue weighted by atomic mass is 16.5. The van der Waals surface area contributed by atoms with Crippen molar-refractivity contribution in [1.82, 2.24) is 0 Å². The van der Waals surface area contributed by atoms with Crippen molar-refractivity contribution in [3.8, 4) is 23.0 Å². The highest BCUT2D eigenvalue weighted by Crippen LogP contribution is 2.35. The molecule has 0 aromatic heterocycles. The summed E-state index contributed by atoms with van der Waals surface area (Å²) < 4.78 is 12.0. The fourth-order valence-electron chi connectivity index (χ4n) is 5.58. The van der Waals surface area contributed by atoms with Gasteiger partial charge in [0.2, 0.25) is 0 Å². The van der Waals surface area contributed by atoms with Crippen molar-refractivity contribution in [1.29, 1.82) is 0 Å².